The molecule has 0 bridgehead atoms. The molecule has 5 nitrogen and oxygen atoms in total. The van der Waals surface area contributed by atoms with Gasteiger partial charge in [0.25, 0.3) is 5.71 Å². The Bertz CT molecular complexity index is 832. The van der Waals surface area contributed by atoms with E-state index in [1.165, 1.54) is 13.1 Å². The van der Waals surface area contributed by atoms with Crippen LogP contribution in [0.15, 0.2) is 16.8 Å². The molecule has 0 amide bonds. The van der Waals surface area contributed by atoms with E-state index >= 15 is 0 Å². The number of hydrogen-bond acceptors (Lipinski definition) is 4. The zero-order chi connectivity index (χ0) is 15.4. The second-order valence-electron chi connectivity index (χ2n) is 4.77. The average molecular weight is 296 g/mol. The fraction of sp³-hybridized carbons (Fsp3) is 0.308. The number of alkyl halides is 3. The summed E-state index contributed by atoms with van der Waals surface area (Å²) >= 11 is 0. The van der Waals surface area contributed by atoms with Crippen LogP contribution in [0.3, 0.4) is 0 Å². The van der Waals surface area contributed by atoms with Gasteiger partial charge in [0.15, 0.2) is 0 Å². The minimum Gasteiger partial charge on any atom is -0.336 e. The van der Waals surface area contributed by atoms with Crippen LogP contribution in [0.2, 0.25) is 0 Å². The van der Waals surface area contributed by atoms with Gasteiger partial charge in [-0.15, -0.1) is 0 Å². The Morgan fingerprint density at radius 3 is 2.52 bits per heavy atom. The first-order valence-corrected chi connectivity index (χ1v) is 6.12. The second kappa shape index (κ2) is 4.31. The molecular formula is C13H11F3N4O. The highest BCUT2D eigenvalue weighted by molar-refractivity contribution is 5.84. The van der Waals surface area contributed by atoms with Gasteiger partial charge in [-0.05, 0) is 19.9 Å². The number of hydrogen-bond donors (Lipinski definition) is 0. The highest BCUT2D eigenvalue weighted by Crippen LogP contribution is 2.38. The highest BCUT2D eigenvalue weighted by Gasteiger charge is 2.36. The molecule has 3 heterocycles. The highest BCUT2D eigenvalue weighted by atomic mass is 19.4. The van der Waals surface area contributed by atoms with Crippen molar-refractivity contribution < 1.29 is 17.7 Å². The van der Waals surface area contributed by atoms with Crippen LogP contribution in [0.5, 0.6) is 0 Å². The number of aryl methyl sites for hydroxylation is 2. The molecular weight excluding hydrogens is 285 g/mol. The van der Waals surface area contributed by atoms with Crippen LogP contribution >= 0.6 is 0 Å². The van der Waals surface area contributed by atoms with Gasteiger partial charge in [0.05, 0.1) is 28.5 Å². The number of pyridine rings is 1. The first kappa shape index (κ1) is 13.6. The normalized spacial score (nSPS) is 12.3. The molecule has 0 N–H and O–H groups in total. The van der Waals surface area contributed by atoms with Crippen LogP contribution in [-0.4, -0.2) is 19.9 Å². The SMILES string of the molecule is Cc1noc2nc(-c3cnn(C)c3C)cc(C(F)(F)F)c12. The Morgan fingerprint density at radius 1 is 1.24 bits per heavy atom. The Morgan fingerprint density at radius 2 is 1.95 bits per heavy atom. The van der Waals surface area contributed by atoms with Crippen LogP contribution in [0.1, 0.15) is 17.0 Å². The molecule has 0 aliphatic carbocycles. The summed E-state index contributed by atoms with van der Waals surface area (Å²) in [5, 5.41) is 7.49. The predicted molar refractivity (Wildman–Crippen MR) is 68.5 cm³/mol. The van der Waals surface area contributed by atoms with Crippen LogP contribution in [-0.2, 0) is 13.2 Å². The van der Waals surface area contributed by atoms with Crippen LogP contribution < -0.4 is 0 Å². The van der Waals surface area contributed by atoms with Gasteiger partial charge >= 0.3 is 6.18 Å². The third-order valence-corrected chi connectivity index (χ3v) is 3.43. The van der Waals surface area contributed by atoms with Crippen molar-refractivity contribution in [2.75, 3.05) is 0 Å². The van der Waals surface area contributed by atoms with Gasteiger partial charge < -0.3 is 4.52 Å². The maximum absolute atomic E-state index is 13.3. The zero-order valence-corrected chi connectivity index (χ0v) is 11.5. The van der Waals surface area contributed by atoms with Crippen LogP contribution in [0.25, 0.3) is 22.4 Å². The zero-order valence-electron chi connectivity index (χ0n) is 11.5. The third kappa shape index (κ3) is 2.07. The van der Waals surface area contributed by atoms with Crippen molar-refractivity contribution in [2.45, 2.75) is 20.0 Å². The largest absolute Gasteiger partial charge is 0.417 e. The van der Waals surface area contributed by atoms with Crippen molar-refractivity contribution >= 4 is 11.1 Å². The molecule has 0 fully saturated rings. The van der Waals surface area contributed by atoms with Crippen molar-refractivity contribution in [2.24, 2.45) is 7.05 Å². The smallest absolute Gasteiger partial charge is 0.336 e. The summed E-state index contributed by atoms with van der Waals surface area (Å²) in [5.74, 6) is 0. The molecule has 0 atom stereocenters. The molecule has 3 rings (SSSR count). The molecule has 8 heteroatoms. The number of aromatic nitrogens is 4. The van der Waals surface area contributed by atoms with Crippen molar-refractivity contribution in [3.8, 4) is 11.3 Å². The maximum atomic E-state index is 13.3. The molecule has 0 aliphatic heterocycles. The predicted octanol–water partition coefficient (Wildman–Crippen LogP) is 3.26. The molecule has 21 heavy (non-hydrogen) atoms. The van der Waals surface area contributed by atoms with Crippen molar-refractivity contribution in [1.29, 1.82) is 0 Å². The summed E-state index contributed by atoms with van der Waals surface area (Å²) in [6.45, 7) is 3.21. The molecule has 0 aliphatic rings. The minimum absolute atomic E-state index is 0.104. The van der Waals surface area contributed by atoms with Gasteiger partial charge in [-0.3, -0.25) is 4.68 Å². The Hall–Kier alpha value is -2.38. The van der Waals surface area contributed by atoms with E-state index in [1.807, 2.05) is 0 Å². The number of halogens is 3. The Kier molecular flexibility index (Phi) is 2.79. The molecule has 0 unspecified atom stereocenters. The van der Waals surface area contributed by atoms with Gasteiger partial charge in [0, 0.05) is 18.3 Å². The topological polar surface area (TPSA) is 56.7 Å². The Labute approximate surface area is 117 Å². The standard InChI is InChI=1S/C13H11F3N4O/c1-6-11-9(13(14,15)16)4-10(18-12(11)21-19-6)8-5-17-20(3)7(8)2/h4-5H,1-3H3. The average Bonchev–Trinajstić information content (AvgIpc) is 2.93. The molecule has 0 aromatic carbocycles. The van der Waals surface area contributed by atoms with E-state index in [-0.39, 0.29) is 22.5 Å². The molecule has 0 saturated carbocycles. The Balaban J connectivity index is 2.34. The van der Waals surface area contributed by atoms with Crippen molar-refractivity contribution in [1.82, 2.24) is 19.9 Å². The molecule has 0 saturated heterocycles. The van der Waals surface area contributed by atoms with E-state index < -0.39 is 11.7 Å². The summed E-state index contributed by atoms with van der Waals surface area (Å²) < 4.78 is 46.3. The number of rotatable bonds is 1. The lowest BCUT2D eigenvalue weighted by atomic mass is 10.1. The van der Waals surface area contributed by atoms with Crippen LogP contribution in [0.4, 0.5) is 13.2 Å². The first-order chi connectivity index (χ1) is 9.79. The van der Waals surface area contributed by atoms with E-state index in [0.717, 1.165) is 6.07 Å². The molecule has 0 radical (unpaired) electrons. The lowest BCUT2D eigenvalue weighted by Crippen LogP contribution is -2.07. The summed E-state index contributed by atoms with van der Waals surface area (Å²) in [6.07, 6.45) is -3.03. The van der Waals surface area contributed by atoms with Gasteiger partial charge in [-0.1, -0.05) is 5.16 Å². The summed E-state index contributed by atoms with van der Waals surface area (Å²) in [7, 11) is 1.71. The van der Waals surface area contributed by atoms with Crippen LogP contribution in [0, 0.1) is 13.8 Å². The lowest BCUT2D eigenvalue weighted by Gasteiger charge is -2.09. The molecule has 3 aromatic heterocycles. The van der Waals surface area contributed by atoms with Crippen molar-refractivity contribution in [3.63, 3.8) is 0 Å². The van der Waals surface area contributed by atoms with E-state index in [2.05, 4.69) is 15.2 Å². The third-order valence-electron chi connectivity index (χ3n) is 3.43. The monoisotopic (exact) mass is 296 g/mol. The fourth-order valence-electron chi connectivity index (χ4n) is 2.21. The molecule has 0 spiro atoms. The number of nitrogens with zero attached hydrogens (tertiary/aromatic N) is 4. The lowest BCUT2D eigenvalue weighted by molar-refractivity contribution is -0.136. The van der Waals surface area contributed by atoms with E-state index in [4.69, 9.17) is 4.52 Å². The quantitative estimate of drug-likeness (QED) is 0.691. The van der Waals surface area contributed by atoms with Crippen molar-refractivity contribution in [3.05, 3.63) is 29.2 Å². The summed E-state index contributed by atoms with van der Waals surface area (Å²) in [4.78, 5) is 4.13. The van der Waals surface area contributed by atoms with E-state index in [0.29, 0.717) is 11.3 Å². The van der Waals surface area contributed by atoms with E-state index in [9.17, 15) is 13.2 Å². The molecule has 3 aromatic rings. The minimum atomic E-state index is -4.51. The van der Waals surface area contributed by atoms with Gasteiger partial charge in [0.2, 0.25) is 0 Å². The molecule has 110 valence electrons. The summed E-state index contributed by atoms with van der Waals surface area (Å²) in [6, 6.07) is 1.01. The second-order valence-corrected chi connectivity index (χ2v) is 4.77. The number of fused-ring (bicyclic) bond motifs is 1. The first-order valence-electron chi connectivity index (χ1n) is 6.12. The van der Waals surface area contributed by atoms with Gasteiger partial charge in [-0.2, -0.15) is 18.3 Å². The fourth-order valence-corrected chi connectivity index (χ4v) is 2.21. The van der Waals surface area contributed by atoms with E-state index in [1.54, 1.807) is 18.7 Å². The summed E-state index contributed by atoms with van der Waals surface area (Å²) in [5.41, 5.74) is 0.645. The maximum Gasteiger partial charge on any atom is 0.417 e. The van der Waals surface area contributed by atoms with Gasteiger partial charge in [-0.25, -0.2) is 4.98 Å². The van der Waals surface area contributed by atoms with Gasteiger partial charge in [0.1, 0.15) is 0 Å².